The number of pyridine rings is 1. The van der Waals surface area contributed by atoms with Gasteiger partial charge in [0.1, 0.15) is 5.15 Å². The van der Waals surface area contributed by atoms with Gasteiger partial charge in [0, 0.05) is 28.5 Å². The molecule has 3 aromatic rings. The van der Waals surface area contributed by atoms with Crippen molar-refractivity contribution in [3.63, 3.8) is 0 Å². The summed E-state index contributed by atoms with van der Waals surface area (Å²) >= 11 is 68.5. The van der Waals surface area contributed by atoms with Crippen molar-refractivity contribution in [2.24, 2.45) is 0 Å². The van der Waals surface area contributed by atoms with E-state index in [4.69, 9.17) is 128 Å². The molecule has 2 aromatic carbocycles. The first-order valence-electron chi connectivity index (χ1n) is 7.18. The van der Waals surface area contributed by atoms with Crippen LogP contribution in [0.1, 0.15) is 0 Å². The Balaban J connectivity index is 2.37. The largest absolute Gasteiger partial charge is 0.243 e. The van der Waals surface area contributed by atoms with Crippen LogP contribution in [-0.4, -0.2) is 4.98 Å². The van der Waals surface area contributed by atoms with E-state index in [0.29, 0.717) is 11.1 Å². The molecular formula is C17H2Cl11N. The average Bonchev–Trinajstić information content (AvgIpc) is 2.70. The van der Waals surface area contributed by atoms with Gasteiger partial charge in [0.05, 0.1) is 50.2 Å². The van der Waals surface area contributed by atoms with Crippen molar-refractivity contribution in [1.29, 1.82) is 0 Å². The minimum Gasteiger partial charge on any atom is -0.243 e. The highest BCUT2D eigenvalue weighted by Gasteiger charge is 2.25. The standard InChI is InChI=1S/C17H2Cl11N/c18-7-5(8(19)12(23)15(26)11(7)22)3-1-4(17(28)29-2-3)6-9(20)13(24)16(27)14(25)10(6)21/h1-2H. The van der Waals surface area contributed by atoms with Gasteiger partial charge in [-0.05, 0) is 6.07 Å². The van der Waals surface area contributed by atoms with Crippen molar-refractivity contribution in [1.82, 2.24) is 4.98 Å². The summed E-state index contributed by atoms with van der Waals surface area (Å²) in [5.41, 5.74) is 1.23. The smallest absolute Gasteiger partial charge is 0.136 e. The summed E-state index contributed by atoms with van der Waals surface area (Å²) in [7, 11) is 0. The van der Waals surface area contributed by atoms with Crippen molar-refractivity contribution >= 4 is 128 Å². The number of rotatable bonds is 2. The molecule has 152 valence electrons. The molecule has 0 N–H and O–H groups in total. The van der Waals surface area contributed by atoms with Crippen LogP contribution in [0.15, 0.2) is 12.3 Å². The SMILES string of the molecule is Clc1ncc(-c2c(Cl)c(Cl)c(Cl)c(Cl)c2Cl)cc1-c1c(Cl)c(Cl)c(Cl)c(Cl)c1Cl. The molecule has 0 aliphatic rings. The number of aromatic nitrogens is 1. The van der Waals surface area contributed by atoms with Gasteiger partial charge in [0.15, 0.2) is 0 Å². The lowest BCUT2D eigenvalue weighted by atomic mass is 10.0. The fraction of sp³-hybridized carbons (Fsp3) is 0. The van der Waals surface area contributed by atoms with Crippen LogP contribution in [-0.2, 0) is 0 Å². The molecule has 1 heterocycles. The summed E-state index contributed by atoms with van der Waals surface area (Å²) < 4.78 is 0. The van der Waals surface area contributed by atoms with E-state index in [1.807, 2.05) is 0 Å². The summed E-state index contributed by atoms with van der Waals surface area (Å²) in [5.74, 6) is 0. The van der Waals surface area contributed by atoms with Gasteiger partial charge in [0.2, 0.25) is 0 Å². The Bertz CT molecular complexity index is 1120. The third-order valence-corrected chi connectivity index (χ3v) is 8.67. The third-order valence-electron chi connectivity index (χ3n) is 3.82. The van der Waals surface area contributed by atoms with E-state index in [9.17, 15) is 0 Å². The fourth-order valence-electron chi connectivity index (χ4n) is 2.46. The van der Waals surface area contributed by atoms with Gasteiger partial charge in [-0.25, -0.2) is 4.98 Å². The topological polar surface area (TPSA) is 12.9 Å². The van der Waals surface area contributed by atoms with Crippen molar-refractivity contribution in [2.75, 3.05) is 0 Å². The molecule has 0 radical (unpaired) electrons. The summed E-state index contributed by atoms with van der Waals surface area (Å²) in [6, 6.07) is 1.58. The van der Waals surface area contributed by atoms with E-state index in [-0.39, 0.29) is 66.5 Å². The lowest BCUT2D eigenvalue weighted by Crippen LogP contribution is -1.93. The van der Waals surface area contributed by atoms with E-state index in [1.54, 1.807) is 6.07 Å². The average molecular weight is 610 g/mol. The lowest BCUT2D eigenvalue weighted by Gasteiger charge is -2.16. The second kappa shape index (κ2) is 9.33. The predicted molar refractivity (Wildman–Crippen MR) is 130 cm³/mol. The Kier molecular flexibility index (Phi) is 7.86. The van der Waals surface area contributed by atoms with Gasteiger partial charge in [-0.2, -0.15) is 0 Å². The highest BCUT2D eigenvalue weighted by atomic mass is 35.5. The molecule has 29 heavy (non-hydrogen) atoms. The molecule has 12 heteroatoms. The first-order chi connectivity index (χ1) is 13.5. The van der Waals surface area contributed by atoms with E-state index in [1.165, 1.54) is 6.20 Å². The van der Waals surface area contributed by atoms with Gasteiger partial charge in [-0.15, -0.1) is 0 Å². The minimum atomic E-state index is 0.00727. The first kappa shape index (κ1) is 24.4. The quantitative estimate of drug-likeness (QED) is 0.160. The molecular weight excluding hydrogens is 608 g/mol. The summed E-state index contributed by atoms with van der Waals surface area (Å²) in [6.45, 7) is 0. The van der Waals surface area contributed by atoms with E-state index < -0.39 is 0 Å². The highest BCUT2D eigenvalue weighted by Crippen LogP contribution is 2.52. The monoisotopic (exact) mass is 605 g/mol. The van der Waals surface area contributed by atoms with Crippen LogP contribution in [0.25, 0.3) is 22.3 Å². The van der Waals surface area contributed by atoms with Crippen LogP contribution in [0.5, 0.6) is 0 Å². The van der Waals surface area contributed by atoms with Crippen LogP contribution >= 0.6 is 128 Å². The maximum atomic E-state index is 6.36. The van der Waals surface area contributed by atoms with Crippen LogP contribution in [0.2, 0.25) is 55.4 Å². The Labute approximate surface area is 220 Å². The number of hydrogen-bond acceptors (Lipinski definition) is 1. The van der Waals surface area contributed by atoms with E-state index >= 15 is 0 Å². The van der Waals surface area contributed by atoms with Crippen molar-refractivity contribution in [2.45, 2.75) is 0 Å². The Morgan fingerprint density at radius 3 is 1.21 bits per heavy atom. The molecule has 3 rings (SSSR count). The van der Waals surface area contributed by atoms with Gasteiger partial charge < -0.3 is 0 Å². The normalized spacial score (nSPS) is 11.3. The number of hydrogen-bond donors (Lipinski definition) is 0. The summed E-state index contributed by atoms with van der Waals surface area (Å²) in [5, 5.41) is 0.395. The molecule has 1 aromatic heterocycles. The molecule has 0 spiro atoms. The van der Waals surface area contributed by atoms with Gasteiger partial charge >= 0.3 is 0 Å². The third kappa shape index (κ3) is 4.24. The molecule has 1 nitrogen and oxygen atoms in total. The second-order valence-electron chi connectivity index (χ2n) is 5.45. The number of nitrogens with zero attached hydrogens (tertiary/aromatic N) is 1. The Morgan fingerprint density at radius 1 is 0.448 bits per heavy atom. The van der Waals surface area contributed by atoms with Crippen molar-refractivity contribution in [3.05, 3.63) is 67.6 Å². The van der Waals surface area contributed by atoms with Gasteiger partial charge in [-0.3, -0.25) is 0 Å². The van der Waals surface area contributed by atoms with Crippen molar-refractivity contribution < 1.29 is 0 Å². The molecule has 0 bridgehead atoms. The zero-order chi connectivity index (χ0) is 21.8. The first-order valence-corrected chi connectivity index (χ1v) is 11.3. The molecule has 0 unspecified atom stereocenters. The summed E-state index contributed by atoms with van der Waals surface area (Å²) in [6.07, 6.45) is 1.42. The van der Waals surface area contributed by atoms with Crippen LogP contribution in [0, 0.1) is 0 Å². The predicted octanol–water partition coefficient (Wildman–Crippen LogP) is 11.6. The number of halogens is 11. The van der Waals surface area contributed by atoms with Gasteiger partial charge in [-0.1, -0.05) is 128 Å². The zero-order valence-corrected chi connectivity index (χ0v) is 21.6. The van der Waals surface area contributed by atoms with Crippen LogP contribution in [0.4, 0.5) is 0 Å². The molecule has 0 fully saturated rings. The Morgan fingerprint density at radius 2 is 0.793 bits per heavy atom. The highest BCUT2D eigenvalue weighted by molar-refractivity contribution is 6.58. The van der Waals surface area contributed by atoms with Crippen molar-refractivity contribution in [3.8, 4) is 22.3 Å². The fourth-order valence-corrected chi connectivity index (χ4v) is 5.36. The van der Waals surface area contributed by atoms with Crippen LogP contribution in [0.3, 0.4) is 0 Å². The Hall–Kier alpha value is 0.780. The molecule has 0 aliphatic heterocycles. The molecule has 0 saturated heterocycles. The second-order valence-corrected chi connectivity index (χ2v) is 9.59. The number of benzene rings is 2. The molecule has 0 atom stereocenters. The van der Waals surface area contributed by atoms with E-state index in [2.05, 4.69) is 4.98 Å². The zero-order valence-electron chi connectivity index (χ0n) is 13.3. The maximum Gasteiger partial charge on any atom is 0.136 e. The van der Waals surface area contributed by atoms with Crippen LogP contribution < -0.4 is 0 Å². The molecule has 0 amide bonds. The lowest BCUT2D eigenvalue weighted by molar-refractivity contribution is 1.33. The molecule has 0 aliphatic carbocycles. The molecule has 0 saturated carbocycles. The maximum absolute atomic E-state index is 6.36. The minimum absolute atomic E-state index is 0.00727. The van der Waals surface area contributed by atoms with Gasteiger partial charge in [0.25, 0.3) is 0 Å². The van der Waals surface area contributed by atoms with E-state index in [0.717, 1.165) is 0 Å². The summed E-state index contributed by atoms with van der Waals surface area (Å²) in [4.78, 5) is 4.15.